The quantitative estimate of drug-likeness (QED) is 0.0971. The molecule has 0 atom stereocenters. The van der Waals surface area contributed by atoms with Crippen molar-refractivity contribution < 1.29 is 5.11 Å². The predicted octanol–water partition coefficient (Wildman–Crippen LogP) is 6.74. The van der Waals surface area contributed by atoms with Gasteiger partial charge in [-0.1, -0.05) is 63.1 Å². The molecular formula is C37H35N19O. The molecule has 0 amide bonds. The third-order valence-corrected chi connectivity index (χ3v) is 8.66. The number of benzene rings is 2. The number of aromatic hydroxyl groups is 1. The number of nitrogen functional groups attached to an aromatic ring is 2. The maximum atomic E-state index is 10.8. The fourth-order valence-corrected chi connectivity index (χ4v) is 5.77. The summed E-state index contributed by atoms with van der Waals surface area (Å²) in [6, 6.07) is 22.0. The number of anilines is 2. The molecule has 20 nitrogen and oxygen atoms in total. The lowest BCUT2D eigenvalue weighted by molar-refractivity contribution is 0.423. The standard InChI is InChI=1S/C37H35N19O/c1-3-5-17-27-29(47-49-33-23(19-38)21-42-53(33)25-13-9-7-10-14-25)31(40)55(51-27)35-44-36(46-37(57)45-35)56-32(41)30(28(52-56)18-6-4-2)48-50-34-24(20-39)22-43-54(34)26-15-11-8-12-16-26/h7-16,21-22H,3-6,17-18,40-41H2,1-2H3,(H,44,45,46,57). The van der Waals surface area contributed by atoms with Gasteiger partial charge in [0.05, 0.1) is 35.2 Å². The van der Waals surface area contributed by atoms with Gasteiger partial charge in [0.2, 0.25) is 0 Å². The van der Waals surface area contributed by atoms with Crippen molar-refractivity contribution in [1.29, 1.82) is 10.5 Å². The Morgan fingerprint density at radius 2 is 1.04 bits per heavy atom. The molecule has 5 aromatic heterocycles. The molecule has 0 aliphatic heterocycles. The average Bonchev–Trinajstić information content (AvgIpc) is 4.00. The molecular weight excluding hydrogens is 727 g/mol. The van der Waals surface area contributed by atoms with Crippen molar-refractivity contribution in [2.75, 3.05) is 11.5 Å². The number of azo groups is 2. The fraction of sp³-hybridized carbons (Fsp3) is 0.216. The van der Waals surface area contributed by atoms with E-state index in [4.69, 9.17) is 11.5 Å². The molecule has 284 valence electrons. The number of nitrogens with two attached hydrogens (primary N) is 2. The molecule has 0 radical (unpaired) electrons. The lowest BCUT2D eigenvalue weighted by Gasteiger charge is -2.06. The SMILES string of the molecule is CCCCc1nn(-c2nc(O)nc(-n3nc(CCCC)c(N=Nc4c(C#N)cnn4-c4ccccc4)c3N)n2)c(N)c1N=Nc1c(C#N)cnn1-c1ccccc1. The zero-order valence-electron chi connectivity index (χ0n) is 30.9. The van der Waals surface area contributed by atoms with E-state index in [1.54, 1.807) is 0 Å². The molecule has 0 saturated heterocycles. The van der Waals surface area contributed by atoms with Gasteiger partial charge < -0.3 is 16.6 Å². The van der Waals surface area contributed by atoms with E-state index in [1.165, 1.54) is 31.1 Å². The number of nitrogens with zero attached hydrogens (tertiary/aromatic N) is 17. The van der Waals surface area contributed by atoms with Crippen molar-refractivity contribution in [3.63, 3.8) is 0 Å². The second-order valence-electron chi connectivity index (χ2n) is 12.5. The third kappa shape index (κ3) is 7.50. The molecule has 20 heteroatoms. The summed E-state index contributed by atoms with van der Waals surface area (Å²) in [5.74, 6) is 0.124. The molecule has 57 heavy (non-hydrogen) atoms. The Bertz CT molecular complexity index is 2490. The highest BCUT2D eigenvalue weighted by molar-refractivity contribution is 5.65. The molecule has 0 unspecified atom stereocenters. The van der Waals surface area contributed by atoms with Crippen LogP contribution in [0.3, 0.4) is 0 Å². The van der Waals surface area contributed by atoms with Gasteiger partial charge in [-0.3, -0.25) is 0 Å². The lowest BCUT2D eigenvalue weighted by Crippen LogP contribution is -2.13. The Labute approximate surface area is 325 Å². The normalized spacial score (nSPS) is 11.4. The largest absolute Gasteiger partial charge is 0.479 e. The summed E-state index contributed by atoms with van der Waals surface area (Å²) in [4.78, 5) is 12.8. The number of unbranched alkanes of at least 4 members (excludes halogenated alkanes) is 2. The topological polar surface area (TPSA) is 279 Å². The van der Waals surface area contributed by atoms with Crippen molar-refractivity contribution in [1.82, 2.24) is 54.1 Å². The van der Waals surface area contributed by atoms with Crippen LogP contribution < -0.4 is 11.5 Å². The molecule has 5 N–H and O–H groups in total. The highest BCUT2D eigenvalue weighted by atomic mass is 16.3. The number of aryl methyl sites for hydroxylation is 2. The van der Waals surface area contributed by atoms with Crippen molar-refractivity contribution in [2.45, 2.75) is 52.4 Å². The van der Waals surface area contributed by atoms with Crippen LogP contribution in [-0.4, -0.2) is 59.2 Å². The number of rotatable bonds is 14. The van der Waals surface area contributed by atoms with Gasteiger partial charge in [0.15, 0.2) is 34.6 Å². The zero-order chi connectivity index (χ0) is 39.9. The van der Waals surface area contributed by atoms with Crippen LogP contribution in [0.2, 0.25) is 0 Å². The van der Waals surface area contributed by atoms with Crippen molar-refractivity contribution in [3.05, 3.63) is 95.6 Å². The first-order valence-corrected chi connectivity index (χ1v) is 18.0. The highest BCUT2D eigenvalue weighted by Crippen LogP contribution is 2.35. The summed E-state index contributed by atoms with van der Waals surface area (Å²) in [6.07, 6.45) is 6.98. The minimum Gasteiger partial charge on any atom is -0.479 e. The second-order valence-corrected chi connectivity index (χ2v) is 12.5. The van der Waals surface area contributed by atoms with Crippen LogP contribution in [0.25, 0.3) is 23.3 Å². The first-order valence-electron chi connectivity index (χ1n) is 18.0. The summed E-state index contributed by atoms with van der Waals surface area (Å²) >= 11 is 0. The van der Waals surface area contributed by atoms with Gasteiger partial charge in [-0.2, -0.15) is 55.2 Å². The van der Waals surface area contributed by atoms with Gasteiger partial charge in [0, 0.05) is 0 Å². The maximum Gasteiger partial charge on any atom is 0.320 e. The molecule has 0 fully saturated rings. The monoisotopic (exact) mass is 761 g/mol. The minimum atomic E-state index is -0.660. The van der Waals surface area contributed by atoms with Crippen molar-refractivity contribution >= 4 is 34.6 Å². The molecule has 0 aliphatic rings. The summed E-state index contributed by atoms with van der Waals surface area (Å²) in [6.45, 7) is 4.07. The molecule has 0 spiro atoms. The number of hydrogen-bond acceptors (Lipinski definition) is 16. The molecule has 0 bridgehead atoms. The van der Waals surface area contributed by atoms with Crippen LogP contribution in [0, 0.1) is 22.7 Å². The Kier molecular flexibility index (Phi) is 10.8. The van der Waals surface area contributed by atoms with Gasteiger partial charge in [-0.15, -0.1) is 20.5 Å². The van der Waals surface area contributed by atoms with Crippen LogP contribution in [0.5, 0.6) is 6.01 Å². The first-order chi connectivity index (χ1) is 27.8. The van der Waals surface area contributed by atoms with E-state index in [9.17, 15) is 15.6 Å². The summed E-state index contributed by atoms with van der Waals surface area (Å²) in [5, 5.41) is 66.1. The molecule has 0 aliphatic carbocycles. The van der Waals surface area contributed by atoms with E-state index in [-0.39, 0.29) is 57.7 Å². The summed E-state index contributed by atoms with van der Waals surface area (Å²) in [7, 11) is 0. The number of para-hydroxylation sites is 2. The number of nitriles is 2. The molecule has 7 rings (SSSR count). The average molecular weight is 762 g/mol. The van der Waals surface area contributed by atoms with Crippen molar-refractivity contribution in [2.24, 2.45) is 20.5 Å². The molecule has 5 heterocycles. The van der Waals surface area contributed by atoms with Gasteiger partial charge in [0.25, 0.3) is 11.9 Å². The molecule has 2 aromatic carbocycles. The second kappa shape index (κ2) is 16.5. The lowest BCUT2D eigenvalue weighted by atomic mass is 10.2. The van der Waals surface area contributed by atoms with E-state index in [1.807, 2.05) is 74.5 Å². The van der Waals surface area contributed by atoms with Gasteiger partial charge in [-0.25, -0.2) is 9.36 Å². The van der Waals surface area contributed by atoms with Gasteiger partial charge >= 0.3 is 6.01 Å². The van der Waals surface area contributed by atoms with E-state index >= 15 is 0 Å². The third-order valence-electron chi connectivity index (χ3n) is 8.66. The van der Waals surface area contributed by atoms with Crippen LogP contribution in [0.15, 0.2) is 93.5 Å². The predicted molar refractivity (Wildman–Crippen MR) is 207 cm³/mol. The first kappa shape index (κ1) is 37.2. The fourth-order valence-electron chi connectivity index (χ4n) is 5.77. The zero-order valence-corrected chi connectivity index (χ0v) is 30.9. The number of aromatic nitrogens is 11. The van der Waals surface area contributed by atoms with E-state index in [0.29, 0.717) is 35.6 Å². The Morgan fingerprint density at radius 1 is 0.614 bits per heavy atom. The van der Waals surface area contributed by atoms with Gasteiger partial charge in [-0.05, 0) is 49.9 Å². The van der Waals surface area contributed by atoms with Crippen LogP contribution in [0.1, 0.15) is 62.0 Å². The summed E-state index contributed by atoms with van der Waals surface area (Å²) in [5.41, 5.74) is 16.5. The highest BCUT2D eigenvalue weighted by Gasteiger charge is 2.24. The smallest absolute Gasteiger partial charge is 0.320 e. The Hall–Kier alpha value is -8.13. The van der Waals surface area contributed by atoms with E-state index < -0.39 is 6.01 Å². The molecule has 7 aromatic rings. The molecule has 0 saturated carbocycles. The Balaban J connectivity index is 1.29. The van der Waals surface area contributed by atoms with Crippen molar-refractivity contribution in [3.8, 4) is 41.4 Å². The maximum absolute atomic E-state index is 10.8. The number of hydrogen-bond donors (Lipinski definition) is 3. The van der Waals surface area contributed by atoms with Gasteiger partial charge in [0.1, 0.15) is 23.3 Å². The summed E-state index contributed by atoms with van der Waals surface area (Å²) < 4.78 is 5.44. The van der Waals surface area contributed by atoms with Crippen LogP contribution >= 0.6 is 0 Å². The van der Waals surface area contributed by atoms with Crippen LogP contribution in [-0.2, 0) is 12.8 Å². The minimum absolute atomic E-state index is 0.0144. The van der Waals surface area contributed by atoms with Crippen LogP contribution in [0.4, 0.5) is 34.6 Å². The Morgan fingerprint density at radius 3 is 1.42 bits per heavy atom. The van der Waals surface area contributed by atoms with E-state index in [0.717, 1.165) is 25.7 Å². The van der Waals surface area contributed by atoms with E-state index in [2.05, 4.69) is 67.9 Å².